The highest BCUT2D eigenvalue weighted by Gasteiger charge is 2.24. The van der Waals surface area contributed by atoms with Crippen molar-refractivity contribution in [2.45, 2.75) is 39.3 Å². The predicted molar refractivity (Wildman–Crippen MR) is 71.7 cm³/mol. The number of nitrogens with zero attached hydrogens (tertiary/aromatic N) is 3. The molecule has 100 valence electrons. The molecule has 1 aliphatic rings. The lowest BCUT2D eigenvalue weighted by Crippen LogP contribution is -2.50. The average molecular weight is 250 g/mol. The van der Waals surface area contributed by atoms with E-state index in [9.17, 15) is 0 Å². The third-order valence-corrected chi connectivity index (χ3v) is 3.24. The van der Waals surface area contributed by atoms with E-state index in [4.69, 9.17) is 10.5 Å². The zero-order chi connectivity index (χ0) is 13.1. The monoisotopic (exact) mass is 250 g/mol. The molecule has 2 rings (SSSR count). The standard InChI is InChI=1S/C13H22N4O/c1-4-11-7-13(16-10(3)15-11)17-5-6-18-12(8-17)9(2)14/h7,9,12H,4-6,8,14H2,1-3H3. The summed E-state index contributed by atoms with van der Waals surface area (Å²) in [5.74, 6) is 1.82. The number of nitrogens with two attached hydrogens (primary N) is 1. The molecule has 18 heavy (non-hydrogen) atoms. The van der Waals surface area contributed by atoms with E-state index in [-0.39, 0.29) is 12.1 Å². The van der Waals surface area contributed by atoms with Gasteiger partial charge < -0.3 is 15.4 Å². The van der Waals surface area contributed by atoms with Crippen molar-refractivity contribution >= 4 is 5.82 Å². The van der Waals surface area contributed by atoms with E-state index in [0.29, 0.717) is 6.61 Å². The lowest BCUT2D eigenvalue weighted by atomic mass is 10.1. The molecule has 0 radical (unpaired) electrons. The molecule has 2 N–H and O–H groups in total. The SMILES string of the molecule is CCc1cc(N2CCOC(C(C)N)C2)nc(C)n1. The molecule has 1 aliphatic heterocycles. The van der Waals surface area contributed by atoms with Gasteiger partial charge in [0.2, 0.25) is 0 Å². The number of ether oxygens (including phenoxy) is 1. The number of rotatable bonds is 3. The second-order valence-corrected chi connectivity index (χ2v) is 4.83. The van der Waals surface area contributed by atoms with Crippen molar-refractivity contribution in [3.05, 3.63) is 17.6 Å². The molecule has 2 unspecified atom stereocenters. The van der Waals surface area contributed by atoms with Crippen molar-refractivity contribution in [2.75, 3.05) is 24.6 Å². The van der Waals surface area contributed by atoms with Crippen LogP contribution in [0.5, 0.6) is 0 Å². The predicted octanol–water partition coefficient (Wildman–Crippen LogP) is 0.900. The van der Waals surface area contributed by atoms with Gasteiger partial charge in [-0.25, -0.2) is 9.97 Å². The Morgan fingerprint density at radius 3 is 3.00 bits per heavy atom. The Kier molecular flexibility index (Phi) is 4.14. The van der Waals surface area contributed by atoms with Gasteiger partial charge in [0.1, 0.15) is 11.6 Å². The molecule has 5 heteroatoms. The highest BCUT2D eigenvalue weighted by Crippen LogP contribution is 2.17. The van der Waals surface area contributed by atoms with Crippen molar-refractivity contribution in [3.63, 3.8) is 0 Å². The van der Waals surface area contributed by atoms with Crippen LogP contribution < -0.4 is 10.6 Å². The molecular formula is C13H22N4O. The van der Waals surface area contributed by atoms with Crippen LogP contribution in [0.4, 0.5) is 5.82 Å². The van der Waals surface area contributed by atoms with E-state index in [1.807, 2.05) is 13.8 Å². The van der Waals surface area contributed by atoms with E-state index in [2.05, 4.69) is 27.9 Å². The summed E-state index contributed by atoms with van der Waals surface area (Å²) in [4.78, 5) is 11.2. The number of aryl methyl sites for hydroxylation is 2. The first kappa shape index (κ1) is 13.2. The number of hydrogen-bond donors (Lipinski definition) is 1. The zero-order valence-corrected chi connectivity index (χ0v) is 11.4. The summed E-state index contributed by atoms with van der Waals surface area (Å²) in [5, 5.41) is 0. The average Bonchev–Trinajstić information content (AvgIpc) is 2.38. The topological polar surface area (TPSA) is 64.3 Å². The number of hydrogen-bond acceptors (Lipinski definition) is 5. The Bertz CT molecular complexity index is 408. The Balaban J connectivity index is 2.17. The van der Waals surface area contributed by atoms with Crippen LogP contribution in [-0.4, -0.2) is 41.8 Å². The third-order valence-electron chi connectivity index (χ3n) is 3.24. The maximum atomic E-state index is 5.91. The number of morpholine rings is 1. The molecule has 1 aromatic heterocycles. The summed E-state index contributed by atoms with van der Waals surface area (Å²) in [6.07, 6.45) is 1.01. The second-order valence-electron chi connectivity index (χ2n) is 4.83. The third kappa shape index (κ3) is 2.97. The molecule has 1 saturated heterocycles. The molecule has 0 aliphatic carbocycles. The maximum Gasteiger partial charge on any atom is 0.132 e. The Labute approximate surface area is 108 Å². The minimum atomic E-state index is 0.0429. The summed E-state index contributed by atoms with van der Waals surface area (Å²) in [6, 6.07) is 2.11. The van der Waals surface area contributed by atoms with Crippen LogP contribution in [-0.2, 0) is 11.2 Å². The zero-order valence-electron chi connectivity index (χ0n) is 11.4. The van der Waals surface area contributed by atoms with Crippen molar-refractivity contribution in [2.24, 2.45) is 5.73 Å². The van der Waals surface area contributed by atoms with Crippen LogP contribution in [0.2, 0.25) is 0 Å². The van der Waals surface area contributed by atoms with Gasteiger partial charge in [0.05, 0.1) is 12.7 Å². The summed E-state index contributed by atoms with van der Waals surface area (Å²) >= 11 is 0. The largest absolute Gasteiger partial charge is 0.373 e. The maximum absolute atomic E-state index is 5.91. The second kappa shape index (κ2) is 5.63. The smallest absolute Gasteiger partial charge is 0.132 e. The van der Waals surface area contributed by atoms with Gasteiger partial charge in [-0.2, -0.15) is 0 Å². The Morgan fingerprint density at radius 2 is 2.33 bits per heavy atom. The summed E-state index contributed by atoms with van der Waals surface area (Å²) in [6.45, 7) is 8.40. The van der Waals surface area contributed by atoms with Crippen LogP contribution in [0, 0.1) is 6.92 Å². The van der Waals surface area contributed by atoms with Crippen LogP contribution in [0.3, 0.4) is 0 Å². The number of anilines is 1. The van der Waals surface area contributed by atoms with Gasteiger partial charge in [0.15, 0.2) is 0 Å². The molecule has 0 amide bonds. The number of aromatic nitrogens is 2. The molecule has 0 spiro atoms. The van der Waals surface area contributed by atoms with Crippen LogP contribution >= 0.6 is 0 Å². The van der Waals surface area contributed by atoms with Crippen molar-refractivity contribution in [1.29, 1.82) is 0 Å². The molecule has 0 bridgehead atoms. The molecule has 0 saturated carbocycles. The van der Waals surface area contributed by atoms with E-state index >= 15 is 0 Å². The summed E-state index contributed by atoms with van der Waals surface area (Å²) in [7, 11) is 0. The molecular weight excluding hydrogens is 228 g/mol. The van der Waals surface area contributed by atoms with Gasteiger partial charge in [0.25, 0.3) is 0 Å². The minimum Gasteiger partial charge on any atom is -0.373 e. The fourth-order valence-corrected chi connectivity index (χ4v) is 2.16. The van der Waals surface area contributed by atoms with Crippen molar-refractivity contribution in [3.8, 4) is 0 Å². The molecule has 2 heterocycles. The van der Waals surface area contributed by atoms with Gasteiger partial charge in [-0.1, -0.05) is 6.92 Å². The van der Waals surface area contributed by atoms with Gasteiger partial charge in [-0.15, -0.1) is 0 Å². The minimum absolute atomic E-state index is 0.0429. The lowest BCUT2D eigenvalue weighted by molar-refractivity contribution is 0.0273. The molecule has 0 aromatic carbocycles. The highest BCUT2D eigenvalue weighted by atomic mass is 16.5. The first-order valence-electron chi connectivity index (χ1n) is 6.57. The molecule has 1 aromatic rings. The lowest BCUT2D eigenvalue weighted by Gasteiger charge is -2.35. The Morgan fingerprint density at radius 1 is 1.56 bits per heavy atom. The summed E-state index contributed by atoms with van der Waals surface area (Å²) in [5.41, 5.74) is 6.99. The van der Waals surface area contributed by atoms with Gasteiger partial charge in [-0.3, -0.25) is 0 Å². The fourth-order valence-electron chi connectivity index (χ4n) is 2.16. The normalized spacial score (nSPS) is 22.0. The van der Waals surface area contributed by atoms with E-state index in [0.717, 1.165) is 36.8 Å². The van der Waals surface area contributed by atoms with Crippen LogP contribution in [0.25, 0.3) is 0 Å². The molecule has 1 fully saturated rings. The van der Waals surface area contributed by atoms with Gasteiger partial charge in [-0.05, 0) is 20.3 Å². The molecule has 5 nitrogen and oxygen atoms in total. The van der Waals surface area contributed by atoms with E-state index in [1.165, 1.54) is 0 Å². The van der Waals surface area contributed by atoms with E-state index in [1.54, 1.807) is 0 Å². The van der Waals surface area contributed by atoms with E-state index < -0.39 is 0 Å². The summed E-state index contributed by atoms with van der Waals surface area (Å²) < 4.78 is 5.67. The van der Waals surface area contributed by atoms with Gasteiger partial charge in [0, 0.05) is 30.9 Å². The highest BCUT2D eigenvalue weighted by molar-refractivity contribution is 5.40. The quantitative estimate of drug-likeness (QED) is 0.863. The fraction of sp³-hybridized carbons (Fsp3) is 0.692. The Hall–Kier alpha value is -1.20. The molecule has 2 atom stereocenters. The van der Waals surface area contributed by atoms with Crippen LogP contribution in [0.1, 0.15) is 25.4 Å². The van der Waals surface area contributed by atoms with Crippen LogP contribution in [0.15, 0.2) is 6.07 Å². The first-order valence-corrected chi connectivity index (χ1v) is 6.57. The van der Waals surface area contributed by atoms with Gasteiger partial charge >= 0.3 is 0 Å². The van der Waals surface area contributed by atoms with Crippen molar-refractivity contribution < 1.29 is 4.74 Å². The van der Waals surface area contributed by atoms with Crippen molar-refractivity contribution in [1.82, 2.24) is 9.97 Å². The first-order chi connectivity index (χ1) is 8.60.